The summed E-state index contributed by atoms with van der Waals surface area (Å²) < 4.78 is 35.8. The van der Waals surface area contributed by atoms with Crippen LogP contribution in [0, 0.1) is 0 Å². The van der Waals surface area contributed by atoms with E-state index in [1.54, 1.807) is 0 Å². The zero-order valence-corrected chi connectivity index (χ0v) is 8.27. The zero-order chi connectivity index (χ0) is 11.5. The van der Waals surface area contributed by atoms with Gasteiger partial charge in [-0.2, -0.15) is 13.2 Å². The van der Waals surface area contributed by atoms with Crippen molar-refractivity contribution in [1.29, 1.82) is 0 Å². The second kappa shape index (κ2) is 4.43. The Hall–Kier alpha value is -1.37. The minimum atomic E-state index is -4.28. The monoisotopic (exact) mass is 235 g/mol. The fraction of sp³-hybridized carbons (Fsp3) is 0.125. The molecule has 1 aromatic carbocycles. The average molecular weight is 235 g/mol. The highest BCUT2D eigenvalue weighted by atomic mass is 32.2. The summed E-state index contributed by atoms with van der Waals surface area (Å²) in [5.41, 5.74) is 6.35. The molecule has 1 rings (SSSR count). The zero-order valence-electron chi connectivity index (χ0n) is 7.45. The second-order valence-electron chi connectivity index (χ2n) is 2.58. The minimum absolute atomic E-state index is 0.0945. The van der Waals surface area contributed by atoms with Crippen LogP contribution in [0.3, 0.4) is 0 Å². The van der Waals surface area contributed by atoms with Crippen molar-refractivity contribution in [1.82, 2.24) is 0 Å². The number of hydrogen-bond donors (Lipinski definition) is 2. The maximum Gasteiger partial charge on any atom is 0.446 e. The van der Waals surface area contributed by atoms with E-state index in [0.717, 1.165) is 0 Å². The van der Waals surface area contributed by atoms with Crippen LogP contribution in [0.5, 0.6) is 0 Å². The standard InChI is InChI=1S/C8H8F3N3S/c9-8(10,11)15-6-3-1-5(2-4-6)14-7(12)13/h1-4H,(H4,12,13,14). The van der Waals surface area contributed by atoms with Gasteiger partial charge in [0.05, 0.1) is 5.69 Å². The van der Waals surface area contributed by atoms with Gasteiger partial charge in [-0.25, -0.2) is 4.99 Å². The second-order valence-corrected chi connectivity index (χ2v) is 3.72. The third kappa shape index (κ3) is 4.59. The Morgan fingerprint density at radius 2 is 1.67 bits per heavy atom. The molecule has 82 valence electrons. The van der Waals surface area contributed by atoms with Crippen LogP contribution in [0.25, 0.3) is 0 Å². The summed E-state index contributed by atoms with van der Waals surface area (Å²) in [6, 6.07) is 5.43. The summed E-state index contributed by atoms with van der Waals surface area (Å²) in [6.45, 7) is 0. The summed E-state index contributed by atoms with van der Waals surface area (Å²) >= 11 is -0.183. The highest BCUT2D eigenvalue weighted by molar-refractivity contribution is 8.00. The molecule has 0 radical (unpaired) electrons. The molecule has 0 aliphatic carbocycles. The Morgan fingerprint density at radius 1 is 1.13 bits per heavy atom. The Balaban J connectivity index is 2.77. The van der Waals surface area contributed by atoms with Gasteiger partial charge >= 0.3 is 5.51 Å². The third-order valence-corrected chi connectivity index (χ3v) is 2.07. The van der Waals surface area contributed by atoms with Gasteiger partial charge in [-0.1, -0.05) is 0 Å². The van der Waals surface area contributed by atoms with Crippen LogP contribution >= 0.6 is 11.8 Å². The fourth-order valence-electron chi connectivity index (χ4n) is 0.871. The van der Waals surface area contributed by atoms with Gasteiger partial charge in [-0.05, 0) is 36.0 Å². The number of nitrogens with two attached hydrogens (primary N) is 2. The molecule has 0 aliphatic rings. The number of rotatable bonds is 2. The molecule has 7 heteroatoms. The van der Waals surface area contributed by atoms with E-state index in [9.17, 15) is 13.2 Å². The molecule has 0 aliphatic heterocycles. The first-order chi connectivity index (χ1) is 6.87. The summed E-state index contributed by atoms with van der Waals surface area (Å²) in [5.74, 6) is -0.133. The summed E-state index contributed by atoms with van der Waals surface area (Å²) in [7, 11) is 0. The Labute approximate surface area is 88.4 Å². The van der Waals surface area contributed by atoms with Crippen LogP contribution in [0.2, 0.25) is 0 Å². The van der Waals surface area contributed by atoms with Crippen molar-refractivity contribution in [3.8, 4) is 0 Å². The van der Waals surface area contributed by atoms with Gasteiger partial charge in [0.15, 0.2) is 5.96 Å². The molecule has 0 aromatic heterocycles. The van der Waals surface area contributed by atoms with E-state index < -0.39 is 5.51 Å². The van der Waals surface area contributed by atoms with Gasteiger partial charge in [0.1, 0.15) is 0 Å². The Morgan fingerprint density at radius 3 is 2.07 bits per heavy atom. The molecule has 3 nitrogen and oxygen atoms in total. The van der Waals surface area contributed by atoms with E-state index in [1.165, 1.54) is 24.3 Å². The van der Waals surface area contributed by atoms with E-state index in [-0.39, 0.29) is 22.6 Å². The average Bonchev–Trinajstić information content (AvgIpc) is 2.05. The molecule has 0 spiro atoms. The quantitative estimate of drug-likeness (QED) is 0.469. The molecule has 4 N–H and O–H groups in total. The number of alkyl halides is 3. The van der Waals surface area contributed by atoms with Crippen molar-refractivity contribution in [2.24, 2.45) is 16.5 Å². The number of guanidine groups is 1. The maximum atomic E-state index is 11.9. The summed E-state index contributed by atoms with van der Waals surface area (Å²) in [4.78, 5) is 3.77. The molecule has 0 bridgehead atoms. The predicted octanol–water partition coefficient (Wildman–Crippen LogP) is 2.20. The first-order valence-corrected chi connectivity index (χ1v) is 4.64. The molecular weight excluding hydrogens is 227 g/mol. The number of hydrogen-bond acceptors (Lipinski definition) is 2. The highest BCUT2D eigenvalue weighted by Gasteiger charge is 2.28. The predicted molar refractivity (Wildman–Crippen MR) is 53.8 cm³/mol. The molecule has 0 heterocycles. The molecule has 1 aromatic rings. The van der Waals surface area contributed by atoms with Crippen LogP contribution < -0.4 is 11.5 Å². The fourth-order valence-corrected chi connectivity index (χ4v) is 1.41. The summed E-state index contributed by atoms with van der Waals surface area (Å²) in [5, 5.41) is 0. The van der Waals surface area contributed by atoms with Gasteiger partial charge < -0.3 is 11.5 Å². The SMILES string of the molecule is NC(N)=Nc1ccc(SC(F)(F)F)cc1. The number of thioether (sulfide) groups is 1. The molecule has 0 saturated carbocycles. The largest absolute Gasteiger partial charge is 0.446 e. The van der Waals surface area contributed by atoms with Crippen LogP contribution in [0.15, 0.2) is 34.2 Å². The van der Waals surface area contributed by atoms with E-state index in [0.29, 0.717) is 5.69 Å². The van der Waals surface area contributed by atoms with Crippen LogP contribution in [0.4, 0.5) is 18.9 Å². The lowest BCUT2D eigenvalue weighted by molar-refractivity contribution is -0.0328. The van der Waals surface area contributed by atoms with Crippen LogP contribution in [-0.2, 0) is 0 Å². The Kier molecular flexibility index (Phi) is 3.46. The van der Waals surface area contributed by atoms with Crippen molar-refractivity contribution in [2.45, 2.75) is 10.4 Å². The van der Waals surface area contributed by atoms with Gasteiger partial charge in [-0.15, -0.1) is 0 Å². The van der Waals surface area contributed by atoms with Crippen molar-refractivity contribution < 1.29 is 13.2 Å². The van der Waals surface area contributed by atoms with Gasteiger partial charge in [0.25, 0.3) is 0 Å². The maximum absolute atomic E-state index is 11.9. The van der Waals surface area contributed by atoms with Crippen molar-refractivity contribution in [2.75, 3.05) is 0 Å². The topological polar surface area (TPSA) is 64.4 Å². The first-order valence-electron chi connectivity index (χ1n) is 3.82. The lowest BCUT2D eigenvalue weighted by Gasteiger charge is -2.05. The molecule has 0 amide bonds. The molecular formula is C8H8F3N3S. The summed E-state index contributed by atoms with van der Waals surface area (Å²) in [6.07, 6.45) is 0. The van der Waals surface area contributed by atoms with Crippen molar-refractivity contribution in [3.05, 3.63) is 24.3 Å². The third-order valence-electron chi connectivity index (χ3n) is 1.33. The molecule has 15 heavy (non-hydrogen) atoms. The molecule has 0 atom stereocenters. The van der Waals surface area contributed by atoms with E-state index in [4.69, 9.17) is 11.5 Å². The minimum Gasteiger partial charge on any atom is -0.370 e. The van der Waals surface area contributed by atoms with E-state index in [1.807, 2.05) is 0 Å². The van der Waals surface area contributed by atoms with Gasteiger partial charge in [-0.3, -0.25) is 0 Å². The smallest absolute Gasteiger partial charge is 0.370 e. The normalized spacial score (nSPS) is 11.1. The van der Waals surface area contributed by atoms with Crippen LogP contribution in [0.1, 0.15) is 0 Å². The van der Waals surface area contributed by atoms with E-state index >= 15 is 0 Å². The highest BCUT2D eigenvalue weighted by Crippen LogP contribution is 2.37. The Bertz CT molecular complexity index is 354. The molecule has 0 unspecified atom stereocenters. The molecule has 0 saturated heterocycles. The van der Waals surface area contributed by atoms with Gasteiger partial charge in [0, 0.05) is 4.90 Å². The first kappa shape index (κ1) is 11.7. The van der Waals surface area contributed by atoms with Crippen molar-refractivity contribution in [3.63, 3.8) is 0 Å². The number of halogens is 3. The van der Waals surface area contributed by atoms with Crippen molar-refractivity contribution >= 4 is 23.4 Å². The van der Waals surface area contributed by atoms with Crippen LogP contribution in [-0.4, -0.2) is 11.5 Å². The lowest BCUT2D eigenvalue weighted by Crippen LogP contribution is -2.21. The molecule has 0 fully saturated rings. The van der Waals surface area contributed by atoms with E-state index in [2.05, 4.69) is 4.99 Å². The lowest BCUT2D eigenvalue weighted by atomic mass is 10.3. The number of benzene rings is 1. The number of aliphatic imine (C=N–C) groups is 1. The van der Waals surface area contributed by atoms with Gasteiger partial charge in [0.2, 0.25) is 0 Å². The number of nitrogens with zero attached hydrogens (tertiary/aromatic N) is 1.